The van der Waals surface area contributed by atoms with Crippen LogP contribution in [-0.2, 0) is 19.5 Å². The molecule has 0 fully saturated rings. The van der Waals surface area contributed by atoms with Crippen molar-refractivity contribution in [3.05, 3.63) is 51.3 Å². The lowest BCUT2D eigenvalue weighted by Crippen LogP contribution is -2.37. The maximum absolute atomic E-state index is 6.05. The number of guanidine groups is 1. The van der Waals surface area contributed by atoms with Gasteiger partial charge in [0.25, 0.3) is 0 Å². The lowest BCUT2D eigenvalue weighted by atomic mass is 10.2. The first-order valence-corrected chi connectivity index (χ1v) is 8.09. The van der Waals surface area contributed by atoms with E-state index in [1.54, 1.807) is 13.1 Å². The van der Waals surface area contributed by atoms with Crippen LogP contribution in [0, 0.1) is 0 Å². The Morgan fingerprint density at radius 1 is 1.30 bits per heavy atom. The third kappa shape index (κ3) is 4.88. The van der Waals surface area contributed by atoms with E-state index in [4.69, 9.17) is 27.7 Å². The van der Waals surface area contributed by atoms with E-state index < -0.39 is 0 Å². The van der Waals surface area contributed by atoms with Crippen LogP contribution in [0.3, 0.4) is 0 Å². The Kier molecular flexibility index (Phi) is 6.30. The van der Waals surface area contributed by atoms with Crippen molar-refractivity contribution in [3.63, 3.8) is 0 Å². The van der Waals surface area contributed by atoms with E-state index in [1.807, 2.05) is 37.1 Å². The van der Waals surface area contributed by atoms with Crippen molar-refractivity contribution >= 4 is 29.2 Å². The van der Waals surface area contributed by atoms with Gasteiger partial charge >= 0.3 is 0 Å². The molecule has 2 rings (SSSR count). The Bertz CT molecular complexity index is 684. The highest BCUT2D eigenvalue weighted by Crippen LogP contribution is 2.23. The quantitative estimate of drug-likeness (QED) is 0.656. The molecule has 7 heteroatoms. The smallest absolute Gasteiger partial charge is 0.194 e. The summed E-state index contributed by atoms with van der Waals surface area (Å²) in [6.45, 7) is 3.23. The number of aryl methyl sites for hydroxylation is 1. The molecule has 0 amide bonds. The number of hydrogen-bond donors (Lipinski definition) is 1. The van der Waals surface area contributed by atoms with Gasteiger partial charge in [-0.2, -0.15) is 0 Å². The number of nitrogens with one attached hydrogen (secondary N) is 1. The van der Waals surface area contributed by atoms with E-state index in [1.165, 1.54) is 0 Å². The van der Waals surface area contributed by atoms with Crippen molar-refractivity contribution in [2.75, 3.05) is 14.1 Å². The zero-order valence-corrected chi connectivity index (χ0v) is 14.9. The summed E-state index contributed by atoms with van der Waals surface area (Å²) in [7, 11) is 3.70. The minimum Gasteiger partial charge on any atom is -0.359 e. The van der Waals surface area contributed by atoms with Crippen LogP contribution in [0.4, 0.5) is 0 Å². The van der Waals surface area contributed by atoms with Gasteiger partial charge in [0, 0.05) is 26.7 Å². The predicted molar refractivity (Wildman–Crippen MR) is 94.0 cm³/mol. The summed E-state index contributed by atoms with van der Waals surface area (Å²) in [6.07, 6.45) is 0.857. The third-order valence-corrected chi connectivity index (χ3v) is 4.11. The van der Waals surface area contributed by atoms with E-state index in [2.05, 4.69) is 15.5 Å². The highest BCUT2D eigenvalue weighted by Gasteiger charge is 2.09. The number of halogens is 2. The first kappa shape index (κ1) is 17.6. The molecule has 1 aromatic carbocycles. The van der Waals surface area contributed by atoms with Gasteiger partial charge in [-0.3, -0.25) is 4.99 Å². The Labute approximate surface area is 146 Å². The van der Waals surface area contributed by atoms with Gasteiger partial charge in [0.15, 0.2) is 11.7 Å². The predicted octanol–water partition coefficient (Wildman–Crippen LogP) is 3.75. The van der Waals surface area contributed by atoms with Crippen LogP contribution in [-0.4, -0.2) is 30.1 Å². The normalized spacial score (nSPS) is 11.6. The fourth-order valence-corrected chi connectivity index (χ4v) is 2.46. The third-order valence-electron chi connectivity index (χ3n) is 3.37. The van der Waals surface area contributed by atoms with Crippen molar-refractivity contribution in [3.8, 4) is 0 Å². The van der Waals surface area contributed by atoms with E-state index in [0.717, 1.165) is 29.4 Å². The molecule has 2 aromatic rings. The van der Waals surface area contributed by atoms with E-state index >= 15 is 0 Å². The fraction of sp³-hybridized carbons (Fsp3) is 0.375. The molecule has 0 aliphatic carbocycles. The average Bonchev–Trinajstić information content (AvgIpc) is 2.99. The number of hydrogen-bond acceptors (Lipinski definition) is 3. The summed E-state index contributed by atoms with van der Waals surface area (Å²) in [5.74, 6) is 1.54. The highest BCUT2D eigenvalue weighted by atomic mass is 35.5. The molecule has 0 spiro atoms. The zero-order valence-electron chi connectivity index (χ0n) is 13.4. The lowest BCUT2D eigenvalue weighted by molar-refractivity contribution is 0.371. The molecule has 124 valence electrons. The average molecular weight is 355 g/mol. The Balaban J connectivity index is 1.95. The summed E-state index contributed by atoms with van der Waals surface area (Å²) < 4.78 is 5.26. The van der Waals surface area contributed by atoms with Gasteiger partial charge < -0.3 is 14.7 Å². The van der Waals surface area contributed by atoms with Crippen molar-refractivity contribution < 1.29 is 4.52 Å². The summed E-state index contributed by atoms with van der Waals surface area (Å²) in [6, 6.07) is 7.54. The molecule has 0 aliphatic heterocycles. The SMILES string of the molecule is CCc1cc(CNC(=NC)N(C)Cc2ccc(Cl)c(Cl)c2)on1. The molecular weight excluding hydrogens is 335 g/mol. The number of nitrogens with zero attached hydrogens (tertiary/aromatic N) is 3. The molecule has 0 radical (unpaired) electrons. The molecule has 0 aliphatic rings. The van der Waals surface area contributed by atoms with Gasteiger partial charge in [-0.15, -0.1) is 0 Å². The minimum absolute atomic E-state index is 0.533. The summed E-state index contributed by atoms with van der Waals surface area (Å²) in [4.78, 5) is 6.27. The van der Waals surface area contributed by atoms with Crippen LogP contribution in [0.1, 0.15) is 23.9 Å². The Hall–Kier alpha value is -1.72. The number of benzene rings is 1. The second-order valence-corrected chi connectivity index (χ2v) is 5.96. The molecule has 1 heterocycles. The Morgan fingerprint density at radius 2 is 2.09 bits per heavy atom. The summed E-state index contributed by atoms with van der Waals surface area (Å²) in [5, 5.41) is 8.33. The second kappa shape index (κ2) is 8.22. The van der Waals surface area contributed by atoms with Crippen LogP contribution in [0.25, 0.3) is 0 Å². The van der Waals surface area contributed by atoms with Crippen LogP contribution in [0.5, 0.6) is 0 Å². The van der Waals surface area contributed by atoms with Gasteiger partial charge in [-0.1, -0.05) is 41.3 Å². The molecule has 0 saturated heterocycles. The van der Waals surface area contributed by atoms with Gasteiger partial charge in [-0.05, 0) is 24.1 Å². The minimum atomic E-state index is 0.533. The molecule has 1 N–H and O–H groups in total. The summed E-state index contributed by atoms with van der Waals surface area (Å²) >= 11 is 12.0. The maximum Gasteiger partial charge on any atom is 0.194 e. The molecule has 0 bridgehead atoms. The molecule has 1 aromatic heterocycles. The first-order chi connectivity index (χ1) is 11.0. The van der Waals surface area contributed by atoms with Crippen LogP contribution in [0.15, 0.2) is 33.8 Å². The van der Waals surface area contributed by atoms with Crippen LogP contribution < -0.4 is 5.32 Å². The largest absolute Gasteiger partial charge is 0.359 e. The topological polar surface area (TPSA) is 53.7 Å². The van der Waals surface area contributed by atoms with Crippen molar-refractivity contribution in [2.45, 2.75) is 26.4 Å². The van der Waals surface area contributed by atoms with Gasteiger partial charge in [0.05, 0.1) is 22.3 Å². The van der Waals surface area contributed by atoms with Gasteiger partial charge in [-0.25, -0.2) is 0 Å². The van der Waals surface area contributed by atoms with Crippen molar-refractivity contribution in [1.82, 2.24) is 15.4 Å². The fourth-order valence-electron chi connectivity index (χ4n) is 2.14. The van der Waals surface area contributed by atoms with E-state index in [0.29, 0.717) is 23.1 Å². The van der Waals surface area contributed by atoms with Gasteiger partial charge in [0.1, 0.15) is 0 Å². The maximum atomic E-state index is 6.05. The number of rotatable bonds is 5. The summed E-state index contributed by atoms with van der Waals surface area (Å²) in [5.41, 5.74) is 2.00. The molecule has 0 unspecified atom stereocenters. The molecule has 0 atom stereocenters. The molecule has 0 saturated carbocycles. The first-order valence-electron chi connectivity index (χ1n) is 7.33. The van der Waals surface area contributed by atoms with E-state index in [-0.39, 0.29) is 0 Å². The van der Waals surface area contributed by atoms with Crippen molar-refractivity contribution in [2.24, 2.45) is 4.99 Å². The number of aliphatic imine (C=N–C) groups is 1. The standard InChI is InChI=1S/C16H20Cl2N4O/c1-4-12-8-13(23-21-12)9-20-16(19-2)22(3)10-11-5-6-14(17)15(18)7-11/h5-8H,4,9-10H2,1-3H3,(H,19,20). The molecular formula is C16H20Cl2N4O. The highest BCUT2D eigenvalue weighted by molar-refractivity contribution is 6.42. The molecule has 5 nitrogen and oxygen atoms in total. The second-order valence-electron chi connectivity index (χ2n) is 5.14. The van der Waals surface area contributed by atoms with Crippen LogP contribution in [0.2, 0.25) is 10.0 Å². The lowest BCUT2D eigenvalue weighted by Gasteiger charge is -2.22. The van der Waals surface area contributed by atoms with Crippen molar-refractivity contribution in [1.29, 1.82) is 0 Å². The zero-order chi connectivity index (χ0) is 16.8. The Morgan fingerprint density at radius 3 is 2.70 bits per heavy atom. The van der Waals surface area contributed by atoms with Crippen LogP contribution >= 0.6 is 23.2 Å². The van der Waals surface area contributed by atoms with E-state index in [9.17, 15) is 0 Å². The monoisotopic (exact) mass is 354 g/mol. The van der Waals surface area contributed by atoms with Gasteiger partial charge in [0.2, 0.25) is 0 Å². The molecule has 23 heavy (non-hydrogen) atoms. The number of aromatic nitrogens is 1.